The van der Waals surface area contributed by atoms with E-state index in [1.54, 1.807) is 4.90 Å². The highest BCUT2D eigenvalue weighted by Gasteiger charge is 2.41. The van der Waals surface area contributed by atoms with E-state index in [4.69, 9.17) is 26.1 Å². The van der Waals surface area contributed by atoms with Gasteiger partial charge in [-0.3, -0.25) is 14.5 Å². The summed E-state index contributed by atoms with van der Waals surface area (Å²) in [5.41, 5.74) is 0. The van der Waals surface area contributed by atoms with Crippen LogP contribution >= 0.6 is 24.0 Å². The molecule has 0 aromatic rings. The minimum absolute atomic E-state index is 0.0374. The van der Waals surface area contributed by atoms with Crippen LogP contribution in [0.5, 0.6) is 0 Å². The molecular weight excluding hydrogens is 426 g/mol. The van der Waals surface area contributed by atoms with E-state index in [-0.39, 0.29) is 16.9 Å². The quantitative estimate of drug-likeness (QED) is 0.259. The van der Waals surface area contributed by atoms with Crippen LogP contribution in [0.15, 0.2) is 12.2 Å². The van der Waals surface area contributed by atoms with Crippen LogP contribution in [0.3, 0.4) is 0 Å². The Morgan fingerprint density at radius 1 is 1.38 bits per heavy atom. The Balaban J connectivity index is 2.12. The van der Waals surface area contributed by atoms with Crippen LogP contribution in [0.4, 0.5) is 0 Å². The summed E-state index contributed by atoms with van der Waals surface area (Å²) in [5.74, 6) is 0.0275. The first-order valence-electron chi connectivity index (χ1n) is 9.96. The molecule has 1 unspecified atom stereocenters. The van der Waals surface area contributed by atoms with Gasteiger partial charge < -0.3 is 13.9 Å². The van der Waals surface area contributed by atoms with Crippen molar-refractivity contribution in [2.45, 2.75) is 71.1 Å². The molecule has 2 rings (SSSR count). The fourth-order valence-corrected chi connectivity index (χ4v) is 5.11. The third-order valence-electron chi connectivity index (χ3n) is 5.81. The maximum atomic E-state index is 12.9. The SMILES string of the molecule is CC(=O)O[C@H]1C=C[C@H]([C@H](C)C(=O)N2CCSC2=S)OC1CO[Si](C)(C)C(C)(C)C. The monoisotopic (exact) mass is 459 g/mol. The molecular formula is C20H33NO5S2Si. The summed E-state index contributed by atoms with van der Waals surface area (Å²) in [6, 6.07) is 0. The fraction of sp³-hybridized carbons (Fsp3) is 0.750. The van der Waals surface area contributed by atoms with Crippen molar-refractivity contribution in [3.8, 4) is 0 Å². The first-order valence-corrected chi connectivity index (χ1v) is 14.3. The zero-order valence-corrected chi connectivity index (χ0v) is 21.0. The largest absolute Gasteiger partial charge is 0.455 e. The predicted molar refractivity (Wildman–Crippen MR) is 122 cm³/mol. The van der Waals surface area contributed by atoms with Crippen molar-refractivity contribution in [2.75, 3.05) is 18.9 Å². The summed E-state index contributed by atoms with van der Waals surface area (Å²) in [4.78, 5) is 26.1. The standard InChI is InChI=1S/C20H33NO5S2Si/c1-13(18(23)21-10-11-28-19(21)27)15-8-9-16(25-14(2)22)17(26-15)12-24-29(6,7)20(3,4)5/h8-9,13,15-17H,10-12H2,1-7H3/t13-,15+,16-,17?/m0/s1. The molecule has 4 atom stereocenters. The van der Waals surface area contributed by atoms with E-state index >= 15 is 0 Å². The highest BCUT2D eigenvalue weighted by molar-refractivity contribution is 8.23. The number of esters is 1. The number of thiocarbonyl (C=S) groups is 1. The normalized spacial score (nSPS) is 26.5. The number of carbonyl (C=O) groups excluding carboxylic acids is 2. The lowest BCUT2D eigenvalue weighted by molar-refractivity contribution is -0.161. The molecule has 0 radical (unpaired) electrons. The van der Waals surface area contributed by atoms with E-state index in [9.17, 15) is 9.59 Å². The molecule has 1 fully saturated rings. The summed E-state index contributed by atoms with van der Waals surface area (Å²) >= 11 is 6.80. The molecule has 29 heavy (non-hydrogen) atoms. The van der Waals surface area contributed by atoms with Gasteiger partial charge >= 0.3 is 5.97 Å². The fourth-order valence-electron chi connectivity index (χ4n) is 2.88. The molecule has 0 N–H and O–H groups in total. The molecule has 6 nitrogen and oxygen atoms in total. The predicted octanol–water partition coefficient (Wildman–Crippen LogP) is 3.76. The van der Waals surface area contributed by atoms with Gasteiger partial charge in [0.1, 0.15) is 16.5 Å². The summed E-state index contributed by atoms with van der Waals surface area (Å²) in [6.45, 7) is 15.0. The molecule has 0 aromatic heterocycles. The first kappa shape index (κ1) is 24.5. The zero-order valence-electron chi connectivity index (χ0n) is 18.4. The van der Waals surface area contributed by atoms with Crippen LogP contribution in [0.2, 0.25) is 18.1 Å². The van der Waals surface area contributed by atoms with Gasteiger partial charge in [-0.05, 0) is 24.2 Å². The lowest BCUT2D eigenvalue weighted by atomic mass is 9.98. The molecule has 1 amide bonds. The van der Waals surface area contributed by atoms with E-state index < -0.39 is 32.5 Å². The lowest BCUT2D eigenvalue weighted by Gasteiger charge is -2.40. The first-order chi connectivity index (χ1) is 13.3. The Hall–Kier alpha value is -0.743. The van der Waals surface area contributed by atoms with Gasteiger partial charge in [-0.15, -0.1) is 0 Å². The summed E-state index contributed by atoms with van der Waals surface area (Å²) in [5, 5.41) is 0.0558. The van der Waals surface area contributed by atoms with Crippen LogP contribution in [0, 0.1) is 5.92 Å². The van der Waals surface area contributed by atoms with Gasteiger partial charge in [-0.2, -0.15) is 0 Å². The van der Waals surface area contributed by atoms with Crippen molar-refractivity contribution in [2.24, 2.45) is 5.92 Å². The minimum Gasteiger partial charge on any atom is -0.455 e. The highest BCUT2D eigenvalue weighted by Crippen LogP contribution is 2.37. The van der Waals surface area contributed by atoms with E-state index in [1.165, 1.54) is 18.7 Å². The molecule has 0 aliphatic carbocycles. The van der Waals surface area contributed by atoms with E-state index in [0.717, 1.165) is 5.75 Å². The Labute approximate surface area is 184 Å². The van der Waals surface area contributed by atoms with Crippen LogP contribution in [0.1, 0.15) is 34.6 Å². The topological polar surface area (TPSA) is 65.1 Å². The van der Waals surface area contributed by atoms with Gasteiger partial charge in [0, 0.05) is 19.2 Å². The molecule has 2 aliphatic heterocycles. The van der Waals surface area contributed by atoms with Crippen molar-refractivity contribution in [1.29, 1.82) is 0 Å². The molecule has 0 saturated carbocycles. The van der Waals surface area contributed by atoms with Crippen LogP contribution in [-0.2, 0) is 23.5 Å². The molecule has 1 saturated heterocycles. The lowest BCUT2D eigenvalue weighted by Crippen LogP contribution is -2.49. The molecule has 0 aromatic carbocycles. The number of amides is 1. The third-order valence-corrected chi connectivity index (χ3v) is 11.7. The Morgan fingerprint density at radius 3 is 2.55 bits per heavy atom. The van der Waals surface area contributed by atoms with Crippen LogP contribution in [-0.4, -0.2) is 66.6 Å². The molecule has 2 aliphatic rings. The second kappa shape index (κ2) is 9.59. The average Bonchev–Trinajstić information content (AvgIpc) is 3.04. The second-order valence-corrected chi connectivity index (χ2v) is 15.6. The van der Waals surface area contributed by atoms with Crippen molar-refractivity contribution >= 4 is 48.5 Å². The maximum absolute atomic E-state index is 12.9. The Kier molecular flexibility index (Phi) is 8.11. The van der Waals surface area contributed by atoms with E-state index in [0.29, 0.717) is 17.5 Å². The Bertz CT molecular complexity index is 676. The second-order valence-electron chi connectivity index (χ2n) is 9.06. The van der Waals surface area contributed by atoms with Gasteiger partial charge in [0.05, 0.1) is 18.6 Å². The van der Waals surface area contributed by atoms with Crippen molar-refractivity contribution < 1.29 is 23.5 Å². The number of nitrogens with zero attached hydrogens (tertiary/aromatic N) is 1. The van der Waals surface area contributed by atoms with Crippen molar-refractivity contribution in [3.63, 3.8) is 0 Å². The van der Waals surface area contributed by atoms with Crippen LogP contribution < -0.4 is 0 Å². The summed E-state index contributed by atoms with van der Waals surface area (Å²) in [7, 11) is -2.00. The van der Waals surface area contributed by atoms with Gasteiger partial charge in [0.15, 0.2) is 8.32 Å². The average molecular weight is 460 g/mol. The van der Waals surface area contributed by atoms with E-state index in [2.05, 4.69) is 33.9 Å². The number of rotatable bonds is 6. The number of hydrogen-bond donors (Lipinski definition) is 0. The van der Waals surface area contributed by atoms with Crippen LogP contribution in [0.25, 0.3) is 0 Å². The zero-order chi connectivity index (χ0) is 22.0. The number of thioether (sulfide) groups is 1. The van der Waals surface area contributed by atoms with Gasteiger partial charge in [0.2, 0.25) is 5.91 Å². The van der Waals surface area contributed by atoms with Gasteiger partial charge in [-0.1, -0.05) is 57.8 Å². The number of hydrogen-bond acceptors (Lipinski definition) is 7. The Morgan fingerprint density at radius 2 is 2.03 bits per heavy atom. The summed E-state index contributed by atoms with van der Waals surface area (Å²) in [6.07, 6.45) is 2.22. The smallest absolute Gasteiger partial charge is 0.303 e. The van der Waals surface area contributed by atoms with Crippen molar-refractivity contribution in [3.05, 3.63) is 12.2 Å². The van der Waals surface area contributed by atoms with Gasteiger partial charge in [-0.25, -0.2) is 0 Å². The number of ether oxygens (including phenoxy) is 2. The summed E-state index contributed by atoms with van der Waals surface area (Å²) < 4.78 is 18.6. The van der Waals surface area contributed by atoms with E-state index in [1.807, 2.05) is 19.1 Å². The molecule has 0 spiro atoms. The highest BCUT2D eigenvalue weighted by atomic mass is 32.2. The minimum atomic E-state index is -2.00. The maximum Gasteiger partial charge on any atom is 0.303 e. The molecule has 2 heterocycles. The molecule has 0 bridgehead atoms. The third kappa shape index (κ3) is 6.13. The van der Waals surface area contributed by atoms with Crippen molar-refractivity contribution in [1.82, 2.24) is 4.90 Å². The molecule has 164 valence electrons. The number of carbonyl (C=O) groups is 2. The van der Waals surface area contributed by atoms with Gasteiger partial charge in [0.25, 0.3) is 0 Å². The molecule has 9 heteroatoms.